The molecular formula is C14H13ClN4. The minimum absolute atomic E-state index is 0.242. The monoisotopic (exact) mass is 272 g/mol. The molecule has 3 aromatic rings. The topological polar surface area (TPSA) is 43.6 Å². The quantitative estimate of drug-likeness (QED) is 0.668. The van der Waals surface area contributed by atoms with Crippen molar-refractivity contribution in [2.24, 2.45) is 0 Å². The molecule has 0 bridgehead atoms. The summed E-state index contributed by atoms with van der Waals surface area (Å²) in [5.41, 5.74) is 2.47. The van der Waals surface area contributed by atoms with Gasteiger partial charge in [0.2, 0.25) is 0 Å². The number of halogens is 1. The van der Waals surface area contributed by atoms with Crippen LogP contribution in [0.3, 0.4) is 0 Å². The molecule has 0 unspecified atom stereocenters. The third-order valence-electron chi connectivity index (χ3n) is 2.98. The lowest BCUT2D eigenvalue weighted by molar-refractivity contribution is 0.619. The lowest BCUT2D eigenvalue weighted by atomic mass is 10.2. The van der Waals surface area contributed by atoms with Gasteiger partial charge in [-0.25, -0.2) is 15.0 Å². The molecule has 0 fully saturated rings. The molecule has 0 saturated heterocycles. The Morgan fingerprint density at radius 3 is 2.53 bits per heavy atom. The smallest absolute Gasteiger partial charge is 0.165 e. The van der Waals surface area contributed by atoms with Gasteiger partial charge in [-0.1, -0.05) is 41.9 Å². The molecule has 0 aliphatic rings. The summed E-state index contributed by atoms with van der Waals surface area (Å²) in [6, 6.07) is 10.3. The minimum Gasteiger partial charge on any atom is -0.306 e. The number of imidazole rings is 1. The van der Waals surface area contributed by atoms with Crippen LogP contribution in [0.2, 0.25) is 5.15 Å². The van der Waals surface area contributed by atoms with Crippen molar-refractivity contribution in [1.29, 1.82) is 0 Å². The molecule has 1 aromatic carbocycles. The lowest BCUT2D eigenvalue weighted by Crippen LogP contribution is -2.04. The van der Waals surface area contributed by atoms with Gasteiger partial charge in [-0.05, 0) is 13.8 Å². The number of hydrogen-bond acceptors (Lipinski definition) is 3. The number of nitrogens with zero attached hydrogens (tertiary/aromatic N) is 4. The number of benzene rings is 1. The number of fused-ring (bicyclic) bond motifs is 1. The average molecular weight is 273 g/mol. The van der Waals surface area contributed by atoms with Crippen molar-refractivity contribution in [2.75, 3.05) is 0 Å². The predicted molar refractivity (Wildman–Crippen MR) is 76.2 cm³/mol. The van der Waals surface area contributed by atoms with Gasteiger partial charge in [-0.3, -0.25) is 0 Å². The second-order valence-corrected chi connectivity index (χ2v) is 4.96. The van der Waals surface area contributed by atoms with Gasteiger partial charge >= 0.3 is 0 Å². The van der Waals surface area contributed by atoms with E-state index in [2.05, 4.69) is 33.4 Å². The van der Waals surface area contributed by atoms with E-state index in [0.29, 0.717) is 10.7 Å². The zero-order chi connectivity index (χ0) is 13.4. The summed E-state index contributed by atoms with van der Waals surface area (Å²) < 4.78 is 2.08. The highest BCUT2D eigenvalue weighted by molar-refractivity contribution is 6.33. The van der Waals surface area contributed by atoms with Crippen LogP contribution in [0.5, 0.6) is 0 Å². The van der Waals surface area contributed by atoms with Crippen molar-refractivity contribution in [3.63, 3.8) is 0 Å². The van der Waals surface area contributed by atoms with Gasteiger partial charge in [0.15, 0.2) is 10.8 Å². The zero-order valence-corrected chi connectivity index (χ0v) is 11.5. The maximum Gasteiger partial charge on any atom is 0.165 e. The van der Waals surface area contributed by atoms with Crippen molar-refractivity contribution >= 4 is 22.8 Å². The third kappa shape index (κ3) is 1.98. The van der Waals surface area contributed by atoms with E-state index in [9.17, 15) is 0 Å². The Bertz CT molecular complexity index is 719. The zero-order valence-electron chi connectivity index (χ0n) is 10.7. The van der Waals surface area contributed by atoms with Crippen molar-refractivity contribution in [2.45, 2.75) is 19.9 Å². The van der Waals surface area contributed by atoms with Gasteiger partial charge in [-0.15, -0.1) is 0 Å². The Hall–Kier alpha value is -1.94. The summed E-state index contributed by atoms with van der Waals surface area (Å²) in [6.45, 7) is 4.20. The Kier molecular flexibility index (Phi) is 2.95. The minimum atomic E-state index is 0.242. The molecular weight excluding hydrogens is 260 g/mol. The van der Waals surface area contributed by atoms with E-state index in [4.69, 9.17) is 11.6 Å². The van der Waals surface area contributed by atoms with Crippen LogP contribution in [0.25, 0.3) is 22.6 Å². The van der Waals surface area contributed by atoms with Gasteiger partial charge in [0.05, 0.1) is 0 Å². The van der Waals surface area contributed by atoms with E-state index in [0.717, 1.165) is 17.0 Å². The van der Waals surface area contributed by atoms with Gasteiger partial charge < -0.3 is 4.57 Å². The Morgan fingerprint density at radius 1 is 1.11 bits per heavy atom. The van der Waals surface area contributed by atoms with Crippen LogP contribution >= 0.6 is 11.6 Å². The Morgan fingerprint density at radius 2 is 1.84 bits per heavy atom. The van der Waals surface area contributed by atoms with E-state index >= 15 is 0 Å². The first-order chi connectivity index (χ1) is 9.18. The van der Waals surface area contributed by atoms with E-state index < -0.39 is 0 Å². The fourth-order valence-electron chi connectivity index (χ4n) is 2.16. The highest BCUT2D eigenvalue weighted by Crippen LogP contribution is 2.29. The van der Waals surface area contributed by atoms with Crippen LogP contribution in [-0.2, 0) is 0 Å². The fourth-order valence-corrected chi connectivity index (χ4v) is 2.33. The molecule has 0 saturated carbocycles. The van der Waals surface area contributed by atoms with Crippen molar-refractivity contribution in [3.8, 4) is 11.4 Å². The van der Waals surface area contributed by atoms with E-state index in [-0.39, 0.29) is 6.04 Å². The SMILES string of the molecule is CC(C)n1c(-c2ccccc2)nc2c(Cl)ncnc21. The first kappa shape index (κ1) is 12.1. The first-order valence-electron chi connectivity index (χ1n) is 6.12. The van der Waals surface area contributed by atoms with Crippen molar-refractivity contribution < 1.29 is 0 Å². The van der Waals surface area contributed by atoms with Crippen LogP contribution in [-0.4, -0.2) is 19.5 Å². The molecule has 19 heavy (non-hydrogen) atoms. The first-order valence-corrected chi connectivity index (χ1v) is 6.50. The van der Waals surface area contributed by atoms with E-state index in [1.54, 1.807) is 0 Å². The largest absolute Gasteiger partial charge is 0.306 e. The lowest BCUT2D eigenvalue weighted by Gasteiger charge is -2.12. The molecule has 96 valence electrons. The summed E-state index contributed by atoms with van der Waals surface area (Å²) in [5, 5.41) is 0.390. The molecule has 0 atom stereocenters. The molecule has 4 nitrogen and oxygen atoms in total. The highest BCUT2D eigenvalue weighted by Gasteiger charge is 2.17. The summed E-state index contributed by atoms with van der Waals surface area (Å²) in [7, 11) is 0. The maximum absolute atomic E-state index is 6.11. The van der Waals surface area contributed by atoms with Crippen molar-refractivity contribution in [3.05, 3.63) is 41.8 Å². The number of rotatable bonds is 2. The van der Waals surface area contributed by atoms with Gasteiger partial charge in [0, 0.05) is 11.6 Å². The van der Waals surface area contributed by atoms with Crippen LogP contribution < -0.4 is 0 Å². The van der Waals surface area contributed by atoms with Crippen LogP contribution in [0.4, 0.5) is 0 Å². The fraction of sp³-hybridized carbons (Fsp3) is 0.214. The average Bonchev–Trinajstić information content (AvgIpc) is 2.81. The molecule has 0 aliphatic heterocycles. The summed E-state index contributed by atoms with van der Waals surface area (Å²) in [4.78, 5) is 12.9. The third-order valence-corrected chi connectivity index (χ3v) is 3.26. The Labute approximate surface area is 116 Å². The number of aromatic nitrogens is 4. The standard InChI is InChI=1S/C14H13ClN4/c1-9(2)19-13(10-6-4-3-5-7-10)18-11-12(15)16-8-17-14(11)19/h3-9H,1-2H3. The normalized spacial score (nSPS) is 11.4. The molecule has 2 heterocycles. The molecule has 5 heteroatoms. The van der Waals surface area contributed by atoms with Crippen LogP contribution in [0.15, 0.2) is 36.7 Å². The number of hydrogen-bond donors (Lipinski definition) is 0. The van der Waals surface area contributed by atoms with E-state index in [1.165, 1.54) is 6.33 Å². The van der Waals surface area contributed by atoms with Crippen LogP contribution in [0, 0.1) is 0 Å². The second kappa shape index (κ2) is 4.63. The Balaban J connectivity index is 2.36. The predicted octanol–water partition coefficient (Wildman–Crippen LogP) is 3.73. The molecule has 0 aliphatic carbocycles. The summed E-state index contributed by atoms with van der Waals surface area (Å²) in [6.07, 6.45) is 1.47. The highest BCUT2D eigenvalue weighted by atomic mass is 35.5. The van der Waals surface area contributed by atoms with Crippen LogP contribution in [0.1, 0.15) is 19.9 Å². The molecule has 0 spiro atoms. The molecule has 0 N–H and O–H groups in total. The van der Waals surface area contributed by atoms with Gasteiger partial charge in [0.1, 0.15) is 17.7 Å². The maximum atomic E-state index is 6.11. The van der Waals surface area contributed by atoms with E-state index in [1.807, 2.05) is 30.3 Å². The van der Waals surface area contributed by atoms with Gasteiger partial charge in [0.25, 0.3) is 0 Å². The van der Waals surface area contributed by atoms with Gasteiger partial charge in [-0.2, -0.15) is 0 Å². The second-order valence-electron chi connectivity index (χ2n) is 4.60. The summed E-state index contributed by atoms with van der Waals surface area (Å²) >= 11 is 6.11. The molecule has 3 rings (SSSR count). The molecule has 2 aromatic heterocycles. The molecule has 0 radical (unpaired) electrons. The molecule has 0 amide bonds. The van der Waals surface area contributed by atoms with Crippen molar-refractivity contribution in [1.82, 2.24) is 19.5 Å². The summed E-state index contributed by atoms with van der Waals surface area (Å²) in [5.74, 6) is 0.869.